The molecule has 0 bridgehead atoms. The van der Waals surface area contributed by atoms with Crippen LogP contribution in [0.5, 0.6) is 0 Å². The number of carboxylic acid groups (broad SMARTS) is 1. The minimum atomic E-state index is -0.802. The van der Waals surface area contributed by atoms with E-state index in [0.29, 0.717) is 6.54 Å². The molecule has 1 aromatic rings. The first kappa shape index (κ1) is 12.1. The molecule has 0 radical (unpaired) electrons. The summed E-state index contributed by atoms with van der Waals surface area (Å²) in [5.74, 6) is -0.802. The van der Waals surface area contributed by atoms with Gasteiger partial charge in [-0.1, -0.05) is 6.92 Å². The highest BCUT2D eigenvalue weighted by Gasteiger charge is 2.17. The normalized spacial score (nSPS) is 13.1. The molecule has 84 valence electrons. The van der Waals surface area contributed by atoms with Gasteiger partial charge in [-0.25, -0.2) is 4.98 Å². The van der Waals surface area contributed by atoms with Crippen molar-refractivity contribution in [1.82, 2.24) is 9.88 Å². The predicted octanol–water partition coefficient (Wildman–Crippen LogP) is 1.61. The second-order valence-electron chi connectivity index (χ2n) is 3.52. The van der Waals surface area contributed by atoms with E-state index in [1.54, 1.807) is 30.2 Å². The monoisotopic (exact) mass is 228 g/mol. The maximum Gasteiger partial charge on any atom is 0.320 e. The quantitative estimate of drug-likeness (QED) is 0.832. The molecule has 15 heavy (non-hydrogen) atoms. The SMILES string of the molecule is CCc1nc(CN(C)C(C)C(=O)O)cs1. The van der Waals surface area contributed by atoms with Crippen LogP contribution in [0.4, 0.5) is 0 Å². The van der Waals surface area contributed by atoms with Crippen molar-refractivity contribution in [2.24, 2.45) is 0 Å². The molecule has 0 fully saturated rings. The fourth-order valence-electron chi connectivity index (χ4n) is 1.16. The number of carboxylic acids is 1. The summed E-state index contributed by atoms with van der Waals surface area (Å²) in [7, 11) is 1.80. The van der Waals surface area contributed by atoms with Gasteiger partial charge in [-0.3, -0.25) is 9.69 Å². The first-order chi connectivity index (χ1) is 7.04. The van der Waals surface area contributed by atoms with Gasteiger partial charge in [0.15, 0.2) is 0 Å². The maximum atomic E-state index is 10.7. The third kappa shape index (κ3) is 3.28. The van der Waals surface area contributed by atoms with Crippen LogP contribution in [0, 0.1) is 0 Å². The summed E-state index contributed by atoms with van der Waals surface area (Å²) in [6.07, 6.45) is 0.933. The molecule has 0 saturated carbocycles. The van der Waals surface area contributed by atoms with Gasteiger partial charge in [0, 0.05) is 11.9 Å². The Kier molecular flexibility index (Phi) is 4.23. The molecular formula is C10H16N2O2S. The van der Waals surface area contributed by atoms with Gasteiger partial charge >= 0.3 is 5.97 Å². The number of carbonyl (C=O) groups is 1. The lowest BCUT2D eigenvalue weighted by Crippen LogP contribution is -2.35. The predicted molar refractivity (Wildman–Crippen MR) is 60.1 cm³/mol. The molecule has 5 heteroatoms. The maximum absolute atomic E-state index is 10.7. The first-order valence-corrected chi connectivity index (χ1v) is 5.78. The van der Waals surface area contributed by atoms with E-state index in [4.69, 9.17) is 5.11 Å². The van der Waals surface area contributed by atoms with E-state index in [2.05, 4.69) is 11.9 Å². The molecule has 0 saturated heterocycles. The summed E-state index contributed by atoms with van der Waals surface area (Å²) < 4.78 is 0. The number of aromatic nitrogens is 1. The van der Waals surface area contributed by atoms with Gasteiger partial charge in [0.1, 0.15) is 6.04 Å². The fraction of sp³-hybridized carbons (Fsp3) is 0.600. The Hall–Kier alpha value is -0.940. The number of aryl methyl sites for hydroxylation is 1. The lowest BCUT2D eigenvalue weighted by atomic mass is 10.3. The van der Waals surface area contributed by atoms with Crippen LogP contribution < -0.4 is 0 Å². The summed E-state index contributed by atoms with van der Waals surface area (Å²) in [6, 6.07) is -0.475. The number of nitrogens with zero attached hydrogens (tertiary/aromatic N) is 2. The van der Waals surface area contributed by atoms with E-state index in [-0.39, 0.29) is 0 Å². The van der Waals surface area contributed by atoms with Crippen LogP contribution in [0.1, 0.15) is 24.5 Å². The summed E-state index contributed by atoms with van der Waals surface area (Å²) in [5.41, 5.74) is 0.951. The zero-order chi connectivity index (χ0) is 11.4. The van der Waals surface area contributed by atoms with Crippen molar-refractivity contribution in [1.29, 1.82) is 0 Å². The average Bonchev–Trinajstić information content (AvgIpc) is 2.64. The number of thiazole rings is 1. The van der Waals surface area contributed by atoms with Gasteiger partial charge in [-0.15, -0.1) is 11.3 Å². The van der Waals surface area contributed by atoms with Crippen molar-refractivity contribution in [2.45, 2.75) is 32.9 Å². The highest BCUT2D eigenvalue weighted by Crippen LogP contribution is 2.12. The van der Waals surface area contributed by atoms with Crippen molar-refractivity contribution in [2.75, 3.05) is 7.05 Å². The largest absolute Gasteiger partial charge is 0.480 e. The summed E-state index contributed by atoms with van der Waals surface area (Å²) in [4.78, 5) is 16.9. The van der Waals surface area contributed by atoms with Crippen LogP contribution >= 0.6 is 11.3 Å². The van der Waals surface area contributed by atoms with Gasteiger partial charge in [-0.05, 0) is 20.4 Å². The van der Waals surface area contributed by atoms with E-state index in [1.807, 2.05) is 5.38 Å². The summed E-state index contributed by atoms with van der Waals surface area (Å²) >= 11 is 1.63. The Morgan fingerprint density at radius 3 is 2.87 bits per heavy atom. The Bertz CT molecular complexity index is 338. The molecule has 0 aliphatic rings. The Balaban J connectivity index is 2.57. The third-order valence-corrected chi connectivity index (χ3v) is 3.37. The molecule has 1 heterocycles. The van der Waals surface area contributed by atoms with Crippen LogP contribution in [0.25, 0.3) is 0 Å². The first-order valence-electron chi connectivity index (χ1n) is 4.91. The zero-order valence-electron chi connectivity index (χ0n) is 9.23. The summed E-state index contributed by atoms with van der Waals surface area (Å²) in [6.45, 7) is 4.33. The summed E-state index contributed by atoms with van der Waals surface area (Å²) in [5, 5.41) is 11.9. The van der Waals surface area contributed by atoms with Gasteiger partial charge in [0.2, 0.25) is 0 Å². The smallest absolute Gasteiger partial charge is 0.320 e. The third-order valence-electron chi connectivity index (χ3n) is 2.33. The number of hydrogen-bond acceptors (Lipinski definition) is 4. The van der Waals surface area contributed by atoms with Crippen LogP contribution in [-0.2, 0) is 17.8 Å². The van der Waals surface area contributed by atoms with Gasteiger partial charge in [0.05, 0.1) is 10.7 Å². The molecule has 0 amide bonds. The standard InChI is InChI=1S/C10H16N2O2S/c1-4-9-11-8(6-15-9)5-12(3)7(2)10(13)14/h6-7H,4-5H2,1-3H3,(H,13,14). The number of rotatable bonds is 5. The van der Waals surface area contributed by atoms with Crippen molar-refractivity contribution in [3.63, 3.8) is 0 Å². The topological polar surface area (TPSA) is 53.4 Å². The van der Waals surface area contributed by atoms with E-state index in [0.717, 1.165) is 17.1 Å². The molecule has 4 nitrogen and oxygen atoms in total. The van der Waals surface area contributed by atoms with Gasteiger partial charge < -0.3 is 5.11 Å². The fourth-order valence-corrected chi connectivity index (χ4v) is 1.90. The van der Waals surface area contributed by atoms with Crippen LogP contribution in [-0.4, -0.2) is 34.0 Å². The zero-order valence-corrected chi connectivity index (χ0v) is 10.0. The molecule has 1 N–H and O–H groups in total. The molecule has 0 spiro atoms. The highest BCUT2D eigenvalue weighted by molar-refractivity contribution is 7.09. The molecule has 1 atom stereocenters. The van der Waals surface area contributed by atoms with Crippen molar-refractivity contribution in [3.8, 4) is 0 Å². The van der Waals surface area contributed by atoms with Gasteiger partial charge in [0.25, 0.3) is 0 Å². The minimum Gasteiger partial charge on any atom is -0.480 e. The van der Waals surface area contributed by atoms with Crippen molar-refractivity contribution >= 4 is 17.3 Å². The molecule has 0 aliphatic carbocycles. The lowest BCUT2D eigenvalue weighted by Gasteiger charge is -2.19. The van der Waals surface area contributed by atoms with Crippen molar-refractivity contribution in [3.05, 3.63) is 16.1 Å². The molecule has 1 aromatic heterocycles. The van der Waals surface area contributed by atoms with E-state index in [1.165, 1.54) is 0 Å². The van der Waals surface area contributed by atoms with Crippen LogP contribution in [0.3, 0.4) is 0 Å². The molecule has 0 aliphatic heterocycles. The number of hydrogen-bond donors (Lipinski definition) is 1. The molecule has 1 rings (SSSR count). The Morgan fingerprint density at radius 1 is 1.73 bits per heavy atom. The Labute approximate surface area is 93.6 Å². The highest BCUT2D eigenvalue weighted by atomic mass is 32.1. The van der Waals surface area contributed by atoms with E-state index in [9.17, 15) is 4.79 Å². The molecule has 0 aromatic carbocycles. The molecular weight excluding hydrogens is 212 g/mol. The second kappa shape index (κ2) is 5.23. The number of likely N-dealkylation sites (N-methyl/N-ethyl adjacent to an activating group) is 1. The molecule has 1 unspecified atom stereocenters. The Morgan fingerprint density at radius 2 is 2.40 bits per heavy atom. The van der Waals surface area contributed by atoms with Crippen LogP contribution in [0.2, 0.25) is 0 Å². The second-order valence-corrected chi connectivity index (χ2v) is 4.46. The van der Waals surface area contributed by atoms with E-state index >= 15 is 0 Å². The van der Waals surface area contributed by atoms with E-state index < -0.39 is 12.0 Å². The average molecular weight is 228 g/mol. The minimum absolute atomic E-state index is 0.475. The van der Waals surface area contributed by atoms with Crippen LogP contribution in [0.15, 0.2) is 5.38 Å². The van der Waals surface area contributed by atoms with Gasteiger partial charge in [-0.2, -0.15) is 0 Å². The van der Waals surface area contributed by atoms with Crippen molar-refractivity contribution < 1.29 is 9.90 Å². The number of aliphatic carboxylic acids is 1. The lowest BCUT2D eigenvalue weighted by molar-refractivity contribution is -0.142.